The van der Waals surface area contributed by atoms with Crippen molar-refractivity contribution in [1.29, 1.82) is 0 Å². The molecule has 0 fully saturated rings. The summed E-state index contributed by atoms with van der Waals surface area (Å²) in [5, 5.41) is 2.06. The van der Waals surface area contributed by atoms with Crippen LogP contribution in [0.1, 0.15) is 12.5 Å². The van der Waals surface area contributed by atoms with E-state index < -0.39 is 17.8 Å². The molecule has 6 heteroatoms. The molecule has 0 aliphatic heterocycles. The lowest BCUT2D eigenvalue weighted by atomic mass is 10.2. The molecule has 0 saturated heterocycles. The molecule has 1 N–H and O–H groups in total. The Morgan fingerprint density at radius 2 is 2.06 bits per heavy atom. The quantitative estimate of drug-likeness (QED) is 0.871. The minimum absolute atomic E-state index is 0.263. The zero-order valence-corrected chi connectivity index (χ0v) is 9.56. The fourth-order valence-corrected chi connectivity index (χ4v) is 1.34. The van der Waals surface area contributed by atoms with Gasteiger partial charge in [0.15, 0.2) is 0 Å². The Kier molecular flexibility index (Phi) is 4.17. The maximum Gasteiger partial charge on any atom is 0.431 e. The lowest BCUT2D eigenvalue weighted by Gasteiger charge is -2.12. The highest BCUT2D eigenvalue weighted by molar-refractivity contribution is 6.30. The van der Waals surface area contributed by atoms with Gasteiger partial charge in [0.2, 0.25) is 5.91 Å². The summed E-state index contributed by atoms with van der Waals surface area (Å²) in [6, 6.07) is 5.90. The zero-order chi connectivity index (χ0) is 13.1. The van der Waals surface area contributed by atoms with E-state index in [-0.39, 0.29) is 5.56 Å². The highest BCUT2D eigenvalue weighted by Gasteiger charge is 2.34. The topological polar surface area (TPSA) is 29.1 Å². The number of nitrogens with one attached hydrogen (secondary N) is 1. The van der Waals surface area contributed by atoms with Crippen molar-refractivity contribution in [1.82, 2.24) is 5.32 Å². The molecule has 0 unspecified atom stereocenters. The smallest absolute Gasteiger partial charge is 0.322 e. The van der Waals surface area contributed by atoms with Gasteiger partial charge in [-0.3, -0.25) is 4.79 Å². The highest BCUT2D eigenvalue weighted by atomic mass is 35.5. The first-order valence-corrected chi connectivity index (χ1v) is 4.99. The van der Waals surface area contributed by atoms with E-state index in [9.17, 15) is 18.0 Å². The first-order chi connectivity index (χ1) is 7.79. The zero-order valence-electron chi connectivity index (χ0n) is 8.81. The molecular formula is C11H9ClF3NO. The monoisotopic (exact) mass is 263 g/mol. The van der Waals surface area contributed by atoms with Gasteiger partial charge in [0.1, 0.15) is 5.70 Å². The summed E-state index contributed by atoms with van der Waals surface area (Å²) in [4.78, 5) is 10.7. The molecule has 0 aliphatic rings. The van der Waals surface area contributed by atoms with Crippen molar-refractivity contribution < 1.29 is 18.0 Å². The molecule has 0 atom stereocenters. The molecule has 1 aromatic carbocycles. The Morgan fingerprint density at radius 3 is 2.53 bits per heavy atom. The number of carbonyl (C=O) groups excluding carboxylic acids is 1. The molecule has 0 bridgehead atoms. The number of carbonyl (C=O) groups is 1. The van der Waals surface area contributed by atoms with Crippen molar-refractivity contribution in [2.24, 2.45) is 0 Å². The second-order valence-corrected chi connectivity index (χ2v) is 3.73. The number of rotatable bonds is 2. The Labute approximate surface area is 101 Å². The summed E-state index contributed by atoms with van der Waals surface area (Å²) < 4.78 is 37.7. The molecule has 0 aliphatic carbocycles. The van der Waals surface area contributed by atoms with Crippen molar-refractivity contribution in [3.8, 4) is 0 Å². The van der Waals surface area contributed by atoms with Gasteiger partial charge in [-0.15, -0.1) is 0 Å². The van der Waals surface area contributed by atoms with Crippen LogP contribution in [0, 0.1) is 0 Å². The third-order valence-electron chi connectivity index (χ3n) is 1.78. The third-order valence-corrected chi connectivity index (χ3v) is 2.01. The third kappa shape index (κ3) is 4.48. The first-order valence-electron chi connectivity index (χ1n) is 4.61. The fraction of sp³-hybridized carbons (Fsp3) is 0.182. The van der Waals surface area contributed by atoms with E-state index in [4.69, 9.17) is 11.6 Å². The van der Waals surface area contributed by atoms with Crippen molar-refractivity contribution in [2.45, 2.75) is 13.1 Å². The van der Waals surface area contributed by atoms with E-state index in [1.54, 1.807) is 11.4 Å². The fourth-order valence-electron chi connectivity index (χ4n) is 1.14. The molecule has 0 spiro atoms. The normalized spacial score (nSPS) is 12.4. The van der Waals surface area contributed by atoms with E-state index in [1.807, 2.05) is 0 Å². The van der Waals surface area contributed by atoms with Crippen LogP contribution in [-0.2, 0) is 4.79 Å². The predicted octanol–water partition coefficient (Wildman–Crippen LogP) is 3.38. The largest absolute Gasteiger partial charge is 0.431 e. The predicted molar refractivity (Wildman–Crippen MR) is 59.3 cm³/mol. The minimum atomic E-state index is -4.62. The summed E-state index contributed by atoms with van der Waals surface area (Å²) in [6.07, 6.45) is -3.79. The van der Waals surface area contributed by atoms with Gasteiger partial charge in [-0.25, -0.2) is 0 Å². The first kappa shape index (κ1) is 13.6. The van der Waals surface area contributed by atoms with E-state index in [0.29, 0.717) is 5.02 Å². The Hall–Kier alpha value is -1.49. The number of hydrogen-bond donors (Lipinski definition) is 1. The highest BCUT2D eigenvalue weighted by Crippen LogP contribution is 2.26. The number of allylic oxidation sites excluding steroid dienone is 1. The average molecular weight is 264 g/mol. The summed E-state index contributed by atoms with van der Waals surface area (Å²) in [7, 11) is 0. The van der Waals surface area contributed by atoms with Gasteiger partial charge in [0.05, 0.1) is 0 Å². The maximum absolute atomic E-state index is 12.6. The van der Waals surface area contributed by atoms with E-state index in [2.05, 4.69) is 0 Å². The molecular weight excluding hydrogens is 255 g/mol. The van der Waals surface area contributed by atoms with Crippen molar-refractivity contribution in [3.05, 3.63) is 40.5 Å². The Bertz CT molecular complexity index is 454. The van der Waals surface area contributed by atoms with Crippen LogP contribution in [0.5, 0.6) is 0 Å². The van der Waals surface area contributed by atoms with Gasteiger partial charge < -0.3 is 5.32 Å². The van der Waals surface area contributed by atoms with Crippen LogP contribution in [0.3, 0.4) is 0 Å². The van der Waals surface area contributed by atoms with Crippen LogP contribution in [0.2, 0.25) is 5.02 Å². The summed E-state index contributed by atoms with van der Waals surface area (Å²) >= 11 is 5.65. The maximum atomic E-state index is 12.6. The molecule has 0 saturated carbocycles. The molecule has 17 heavy (non-hydrogen) atoms. The van der Waals surface area contributed by atoms with Crippen LogP contribution < -0.4 is 5.32 Å². The Morgan fingerprint density at radius 1 is 1.41 bits per heavy atom. The minimum Gasteiger partial charge on any atom is -0.322 e. The summed E-state index contributed by atoms with van der Waals surface area (Å²) in [5.41, 5.74) is -0.856. The van der Waals surface area contributed by atoms with Crippen LogP contribution in [0.4, 0.5) is 13.2 Å². The number of hydrogen-bond acceptors (Lipinski definition) is 1. The van der Waals surface area contributed by atoms with Crippen LogP contribution in [0.15, 0.2) is 30.0 Å². The SMILES string of the molecule is CC(=O)N/C(=C\c1cccc(Cl)c1)C(F)(F)F. The molecule has 0 aromatic heterocycles. The van der Waals surface area contributed by atoms with E-state index in [1.165, 1.54) is 18.2 Å². The molecule has 0 radical (unpaired) electrons. The van der Waals surface area contributed by atoms with Gasteiger partial charge in [-0.2, -0.15) is 13.2 Å². The number of alkyl halides is 3. The molecule has 92 valence electrons. The van der Waals surface area contributed by atoms with Crippen LogP contribution in [-0.4, -0.2) is 12.1 Å². The Balaban J connectivity index is 3.09. The molecule has 1 amide bonds. The van der Waals surface area contributed by atoms with Gasteiger partial charge in [-0.1, -0.05) is 23.7 Å². The van der Waals surface area contributed by atoms with Gasteiger partial charge in [0.25, 0.3) is 0 Å². The van der Waals surface area contributed by atoms with Crippen molar-refractivity contribution >= 4 is 23.6 Å². The lowest BCUT2D eigenvalue weighted by molar-refractivity contribution is -0.124. The second kappa shape index (κ2) is 5.23. The second-order valence-electron chi connectivity index (χ2n) is 3.29. The van der Waals surface area contributed by atoms with Gasteiger partial charge in [0, 0.05) is 11.9 Å². The number of halogens is 4. The summed E-state index contributed by atoms with van der Waals surface area (Å²) in [6.45, 7) is 1.01. The molecule has 1 aromatic rings. The number of benzene rings is 1. The molecule has 1 rings (SSSR count). The van der Waals surface area contributed by atoms with Gasteiger partial charge in [-0.05, 0) is 23.8 Å². The van der Waals surface area contributed by atoms with Crippen LogP contribution in [0.25, 0.3) is 6.08 Å². The van der Waals surface area contributed by atoms with Crippen molar-refractivity contribution in [3.63, 3.8) is 0 Å². The average Bonchev–Trinajstić information content (AvgIpc) is 2.14. The van der Waals surface area contributed by atoms with Crippen LogP contribution >= 0.6 is 11.6 Å². The van der Waals surface area contributed by atoms with Gasteiger partial charge >= 0.3 is 6.18 Å². The van der Waals surface area contributed by atoms with Crippen molar-refractivity contribution in [2.75, 3.05) is 0 Å². The standard InChI is InChI=1S/C11H9ClF3NO/c1-7(17)16-10(11(13,14)15)6-8-3-2-4-9(12)5-8/h2-6H,1H3,(H,16,17)/b10-6-. The van der Waals surface area contributed by atoms with E-state index >= 15 is 0 Å². The summed E-state index contributed by atoms with van der Waals surface area (Å²) in [5.74, 6) is -0.782. The molecule has 2 nitrogen and oxygen atoms in total. The number of amides is 1. The molecule has 0 heterocycles. The lowest BCUT2D eigenvalue weighted by Crippen LogP contribution is -2.29. The van der Waals surface area contributed by atoms with E-state index in [0.717, 1.165) is 13.0 Å².